The Morgan fingerprint density at radius 1 is 0.846 bits per heavy atom. The fourth-order valence-corrected chi connectivity index (χ4v) is 3.53. The predicted molar refractivity (Wildman–Crippen MR) is 113 cm³/mol. The lowest BCUT2D eigenvalue weighted by atomic mass is 9.89. The maximum absolute atomic E-state index is 7.81. The quantitative estimate of drug-likeness (QED) is 0.593. The molecule has 3 aromatic rings. The van der Waals surface area contributed by atoms with E-state index in [1.807, 2.05) is 30.4 Å². The minimum Gasteiger partial charge on any atom is -0.347 e. The van der Waals surface area contributed by atoms with E-state index in [1.165, 1.54) is 33.3 Å². The molecular weight excluding hydrogens is 340 g/mol. The smallest absolute Gasteiger partial charge is 0.0540 e. The summed E-state index contributed by atoms with van der Waals surface area (Å²) in [5, 5.41) is 9.07. The number of hydrogen-bond donors (Lipinski definition) is 1. The van der Waals surface area contributed by atoms with Gasteiger partial charge in [-0.15, -0.1) is 12.4 Å². The van der Waals surface area contributed by atoms with Crippen molar-refractivity contribution < 1.29 is 0 Å². The molecule has 1 N–H and O–H groups in total. The molecule has 1 aliphatic rings. The predicted octanol–water partition coefficient (Wildman–Crippen LogP) is 5.86. The Bertz CT molecular complexity index is 1050. The summed E-state index contributed by atoms with van der Waals surface area (Å²) in [4.78, 5) is 0. The Labute approximate surface area is 160 Å². The summed E-state index contributed by atoms with van der Waals surface area (Å²) >= 11 is 0. The summed E-state index contributed by atoms with van der Waals surface area (Å²) in [7, 11) is 2.12. The number of nitrogens with zero attached hydrogens (tertiary/aromatic N) is 1. The van der Waals surface area contributed by atoms with E-state index in [2.05, 4.69) is 67.1 Å². The molecule has 0 saturated carbocycles. The standard InChI is InChI=1S/C23H20N2.ClH/c1-16-22(20-10-6-7-11-21(20)25(16)2)23(17-8-4-3-5-9-17)18-12-14-19(24)15-13-18;/h3-15,24H,1-2H3;1H. The molecule has 0 bridgehead atoms. The highest BCUT2D eigenvalue weighted by Gasteiger charge is 2.19. The van der Waals surface area contributed by atoms with Crippen LogP contribution in [0.1, 0.15) is 16.8 Å². The highest BCUT2D eigenvalue weighted by molar-refractivity contribution is 6.06. The molecule has 0 radical (unpaired) electrons. The van der Waals surface area contributed by atoms with Crippen molar-refractivity contribution in [1.82, 2.24) is 4.57 Å². The van der Waals surface area contributed by atoms with Crippen LogP contribution in [-0.4, -0.2) is 10.3 Å². The molecule has 0 amide bonds. The summed E-state index contributed by atoms with van der Waals surface area (Å²) in [6.07, 6.45) is 7.81. The number of allylic oxidation sites excluding steroid dienone is 5. The van der Waals surface area contributed by atoms with Gasteiger partial charge in [0, 0.05) is 29.2 Å². The van der Waals surface area contributed by atoms with Gasteiger partial charge >= 0.3 is 0 Å². The van der Waals surface area contributed by atoms with Gasteiger partial charge < -0.3 is 9.98 Å². The van der Waals surface area contributed by atoms with Crippen molar-refractivity contribution in [3.8, 4) is 0 Å². The van der Waals surface area contributed by atoms with E-state index < -0.39 is 0 Å². The van der Waals surface area contributed by atoms with Gasteiger partial charge in [0.15, 0.2) is 0 Å². The minimum atomic E-state index is 0. The molecule has 0 fully saturated rings. The zero-order valence-corrected chi connectivity index (χ0v) is 15.7. The molecule has 1 heterocycles. The van der Waals surface area contributed by atoms with Gasteiger partial charge in [0.1, 0.15) is 0 Å². The molecule has 1 aliphatic carbocycles. The fraction of sp³-hybridized carbons (Fsp3) is 0.0870. The second-order valence-electron chi connectivity index (χ2n) is 6.35. The van der Waals surface area contributed by atoms with Gasteiger partial charge in [0.25, 0.3) is 0 Å². The normalized spacial score (nSPS) is 13.2. The highest BCUT2D eigenvalue weighted by Crippen LogP contribution is 2.37. The van der Waals surface area contributed by atoms with Crippen LogP contribution in [0.25, 0.3) is 16.5 Å². The molecule has 4 rings (SSSR count). The second kappa shape index (κ2) is 7.19. The van der Waals surface area contributed by atoms with Gasteiger partial charge in [0.05, 0.1) is 5.71 Å². The van der Waals surface area contributed by atoms with Crippen LogP contribution in [0, 0.1) is 12.3 Å². The van der Waals surface area contributed by atoms with Crippen LogP contribution in [0.5, 0.6) is 0 Å². The Kier molecular flexibility index (Phi) is 4.97. The number of hydrogen-bond acceptors (Lipinski definition) is 1. The van der Waals surface area contributed by atoms with Crippen LogP contribution in [-0.2, 0) is 7.05 Å². The topological polar surface area (TPSA) is 28.8 Å². The fourth-order valence-electron chi connectivity index (χ4n) is 3.53. The summed E-state index contributed by atoms with van der Waals surface area (Å²) in [5.41, 5.74) is 7.83. The first-order valence-electron chi connectivity index (χ1n) is 8.45. The molecule has 3 heteroatoms. The molecule has 0 saturated heterocycles. The Morgan fingerprint density at radius 2 is 1.46 bits per heavy atom. The second-order valence-corrected chi connectivity index (χ2v) is 6.35. The SMILES string of the molecule is Cc1c(C(=C2C=CC(=N)C=C2)c2ccccc2)c2ccccc2n1C.Cl. The summed E-state index contributed by atoms with van der Waals surface area (Å²) < 4.78 is 2.26. The van der Waals surface area contributed by atoms with Crippen molar-refractivity contribution in [1.29, 1.82) is 5.41 Å². The third-order valence-corrected chi connectivity index (χ3v) is 4.89. The van der Waals surface area contributed by atoms with Crippen molar-refractivity contribution in [2.75, 3.05) is 0 Å². The minimum absolute atomic E-state index is 0. The lowest BCUT2D eigenvalue weighted by molar-refractivity contribution is 0.915. The number of para-hydroxylation sites is 1. The summed E-state index contributed by atoms with van der Waals surface area (Å²) in [6.45, 7) is 2.18. The van der Waals surface area contributed by atoms with Gasteiger partial charge in [-0.2, -0.15) is 0 Å². The van der Waals surface area contributed by atoms with Gasteiger partial charge in [-0.1, -0.05) is 60.7 Å². The molecule has 1 aromatic heterocycles. The molecular formula is C23H21ClN2. The zero-order valence-electron chi connectivity index (χ0n) is 14.9. The molecule has 2 aromatic carbocycles. The van der Waals surface area contributed by atoms with Crippen LogP contribution in [0.2, 0.25) is 0 Å². The van der Waals surface area contributed by atoms with E-state index in [-0.39, 0.29) is 12.4 Å². The third-order valence-electron chi connectivity index (χ3n) is 4.89. The summed E-state index contributed by atoms with van der Waals surface area (Å²) in [6, 6.07) is 19.1. The van der Waals surface area contributed by atoms with Crippen LogP contribution in [0.4, 0.5) is 0 Å². The molecule has 0 unspecified atom stereocenters. The zero-order chi connectivity index (χ0) is 17.4. The number of fused-ring (bicyclic) bond motifs is 1. The summed E-state index contributed by atoms with van der Waals surface area (Å²) in [5.74, 6) is 0. The van der Waals surface area contributed by atoms with E-state index in [4.69, 9.17) is 5.41 Å². The maximum atomic E-state index is 7.81. The number of aryl methyl sites for hydroxylation is 1. The number of aromatic nitrogens is 1. The average Bonchev–Trinajstić information content (AvgIpc) is 2.90. The number of benzene rings is 2. The number of halogens is 1. The highest BCUT2D eigenvalue weighted by atomic mass is 35.5. The largest absolute Gasteiger partial charge is 0.347 e. The lowest BCUT2D eigenvalue weighted by Gasteiger charge is -2.14. The Balaban J connectivity index is 0.00000196. The van der Waals surface area contributed by atoms with E-state index in [1.54, 1.807) is 0 Å². The molecule has 2 nitrogen and oxygen atoms in total. The molecule has 26 heavy (non-hydrogen) atoms. The lowest BCUT2D eigenvalue weighted by Crippen LogP contribution is -1.99. The van der Waals surface area contributed by atoms with Gasteiger partial charge in [-0.3, -0.25) is 0 Å². The van der Waals surface area contributed by atoms with Crippen LogP contribution in [0.15, 0.2) is 84.5 Å². The van der Waals surface area contributed by atoms with Crippen molar-refractivity contribution in [2.45, 2.75) is 6.92 Å². The molecule has 0 atom stereocenters. The first kappa shape index (κ1) is 18.0. The van der Waals surface area contributed by atoms with E-state index in [0.29, 0.717) is 5.71 Å². The number of nitrogens with one attached hydrogen (secondary N) is 1. The van der Waals surface area contributed by atoms with Crippen LogP contribution >= 0.6 is 12.4 Å². The van der Waals surface area contributed by atoms with Gasteiger partial charge in [-0.05, 0) is 41.9 Å². The van der Waals surface area contributed by atoms with E-state index in [0.717, 1.165) is 5.57 Å². The van der Waals surface area contributed by atoms with Crippen molar-refractivity contribution in [3.05, 3.63) is 101 Å². The first-order valence-corrected chi connectivity index (χ1v) is 8.45. The maximum Gasteiger partial charge on any atom is 0.0540 e. The number of rotatable bonds is 2. The molecule has 0 spiro atoms. The average molecular weight is 361 g/mol. The molecule has 0 aliphatic heterocycles. The monoisotopic (exact) mass is 360 g/mol. The Morgan fingerprint density at radius 3 is 2.15 bits per heavy atom. The first-order chi connectivity index (χ1) is 12.2. The molecule has 130 valence electrons. The van der Waals surface area contributed by atoms with Crippen molar-refractivity contribution in [2.24, 2.45) is 7.05 Å². The van der Waals surface area contributed by atoms with Crippen LogP contribution in [0.3, 0.4) is 0 Å². The van der Waals surface area contributed by atoms with E-state index in [9.17, 15) is 0 Å². The van der Waals surface area contributed by atoms with Crippen molar-refractivity contribution in [3.63, 3.8) is 0 Å². The van der Waals surface area contributed by atoms with Gasteiger partial charge in [-0.25, -0.2) is 0 Å². The van der Waals surface area contributed by atoms with E-state index >= 15 is 0 Å². The van der Waals surface area contributed by atoms with Crippen molar-refractivity contribution >= 4 is 34.6 Å². The third kappa shape index (κ3) is 2.93. The Hall–Kier alpha value is -2.84. The van der Waals surface area contributed by atoms with Crippen LogP contribution < -0.4 is 0 Å². The van der Waals surface area contributed by atoms with Gasteiger partial charge in [0.2, 0.25) is 0 Å².